The molecule has 1 amide bonds. The lowest BCUT2D eigenvalue weighted by atomic mass is 10.1. The second kappa shape index (κ2) is 6.10. The van der Waals surface area contributed by atoms with Crippen molar-refractivity contribution in [2.24, 2.45) is 0 Å². The Morgan fingerprint density at radius 3 is 2.55 bits per heavy atom. The topological polar surface area (TPSA) is 47.6 Å². The Balaban J connectivity index is 1.67. The number of ether oxygens (including phenoxy) is 2. The maximum atomic E-state index is 12.2. The number of amides is 1. The highest BCUT2D eigenvalue weighted by molar-refractivity contribution is 5.92. The summed E-state index contributed by atoms with van der Waals surface area (Å²) in [7, 11) is 0. The molecule has 4 heteroatoms. The molecule has 0 atom stereocenters. The second-order valence-corrected chi connectivity index (χ2v) is 5.50. The van der Waals surface area contributed by atoms with Crippen LogP contribution in [-0.2, 0) is 11.2 Å². The second-order valence-electron chi connectivity index (χ2n) is 5.50. The van der Waals surface area contributed by atoms with Crippen molar-refractivity contribution in [3.63, 3.8) is 0 Å². The predicted octanol–water partition coefficient (Wildman–Crippen LogP) is 3.26. The number of nitrogens with one attached hydrogen (secondary N) is 1. The molecule has 0 saturated carbocycles. The van der Waals surface area contributed by atoms with E-state index in [9.17, 15) is 4.79 Å². The summed E-state index contributed by atoms with van der Waals surface area (Å²) in [4.78, 5) is 12.2. The zero-order valence-electron chi connectivity index (χ0n) is 12.8. The third-order valence-corrected chi connectivity index (χ3v) is 3.76. The van der Waals surface area contributed by atoms with Crippen molar-refractivity contribution in [1.29, 1.82) is 0 Å². The quantitative estimate of drug-likeness (QED) is 0.946. The van der Waals surface area contributed by atoms with Crippen LogP contribution >= 0.6 is 0 Å². The van der Waals surface area contributed by atoms with Gasteiger partial charge in [0, 0.05) is 5.69 Å². The standard InChI is InChI=1S/C18H19NO3/c1-12-3-5-15(9-13(12)2)19-18(20)11-14-4-6-16-17(10-14)22-8-7-21-16/h3-6,9-10H,7-8,11H2,1-2H3,(H,19,20). The molecule has 1 N–H and O–H groups in total. The van der Waals surface area contributed by atoms with Crippen molar-refractivity contribution in [3.8, 4) is 11.5 Å². The number of carbonyl (C=O) groups is 1. The Bertz CT molecular complexity index is 709. The van der Waals surface area contributed by atoms with E-state index in [4.69, 9.17) is 9.47 Å². The molecule has 0 aliphatic carbocycles. The summed E-state index contributed by atoms with van der Waals surface area (Å²) in [6.45, 7) is 5.20. The number of aryl methyl sites for hydroxylation is 2. The molecule has 1 aliphatic rings. The molecule has 0 saturated heterocycles. The predicted molar refractivity (Wildman–Crippen MR) is 85.7 cm³/mol. The van der Waals surface area contributed by atoms with E-state index >= 15 is 0 Å². The Kier molecular flexibility index (Phi) is 4.00. The molecule has 0 fully saturated rings. The molecule has 4 nitrogen and oxygen atoms in total. The van der Waals surface area contributed by atoms with Crippen molar-refractivity contribution >= 4 is 11.6 Å². The molecule has 1 heterocycles. The number of anilines is 1. The first kappa shape index (κ1) is 14.4. The summed E-state index contributed by atoms with van der Waals surface area (Å²) >= 11 is 0. The lowest BCUT2D eigenvalue weighted by Gasteiger charge is -2.18. The first-order chi connectivity index (χ1) is 10.6. The van der Waals surface area contributed by atoms with Gasteiger partial charge in [0.2, 0.25) is 5.91 Å². The van der Waals surface area contributed by atoms with Crippen LogP contribution in [-0.4, -0.2) is 19.1 Å². The van der Waals surface area contributed by atoms with Crippen LogP contribution in [0, 0.1) is 13.8 Å². The fourth-order valence-corrected chi connectivity index (χ4v) is 2.41. The highest BCUT2D eigenvalue weighted by Gasteiger charge is 2.13. The molecule has 2 aromatic rings. The maximum absolute atomic E-state index is 12.2. The smallest absolute Gasteiger partial charge is 0.228 e. The highest BCUT2D eigenvalue weighted by Crippen LogP contribution is 2.30. The van der Waals surface area contributed by atoms with E-state index in [-0.39, 0.29) is 5.91 Å². The molecule has 1 aliphatic heterocycles. The van der Waals surface area contributed by atoms with Crippen molar-refractivity contribution in [1.82, 2.24) is 0 Å². The summed E-state index contributed by atoms with van der Waals surface area (Å²) in [5, 5.41) is 2.93. The van der Waals surface area contributed by atoms with Crippen LogP contribution in [0.25, 0.3) is 0 Å². The van der Waals surface area contributed by atoms with Crippen molar-refractivity contribution in [2.75, 3.05) is 18.5 Å². The van der Waals surface area contributed by atoms with Crippen LogP contribution < -0.4 is 14.8 Å². The van der Waals surface area contributed by atoms with Crippen LogP contribution in [0.5, 0.6) is 11.5 Å². The van der Waals surface area contributed by atoms with E-state index in [1.807, 2.05) is 43.3 Å². The Morgan fingerprint density at radius 2 is 1.77 bits per heavy atom. The zero-order valence-corrected chi connectivity index (χ0v) is 12.8. The van der Waals surface area contributed by atoms with E-state index in [1.54, 1.807) is 0 Å². The van der Waals surface area contributed by atoms with Gasteiger partial charge in [-0.1, -0.05) is 12.1 Å². The van der Waals surface area contributed by atoms with Gasteiger partial charge in [-0.3, -0.25) is 4.79 Å². The van der Waals surface area contributed by atoms with E-state index in [2.05, 4.69) is 12.2 Å². The first-order valence-corrected chi connectivity index (χ1v) is 7.37. The van der Waals surface area contributed by atoms with Gasteiger partial charge < -0.3 is 14.8 Å². The number of fused-ring (bicyclic) bond motifs is 1. The van der Waals surface area contributed by atoms with Crippen LogP contribution in [0.3, 0.4) is 0 Å². The van der Waals surface area contributed by atoms with Gasteiger partial charge in [-0.2, -0.15) is 0 Å². The summed E-state index contributed by atoms with van der Waals surface area (Å²) in [6.07, 6.45) is 0.309. The molecule has 0 radical (unpaired) electrons. The minimum absolute atomic E-state index is 0.0417. The van der Waals surface area contributed by atoms with Crippen molar-refractivity contribution in [2.45, 2.75) is 20.3 Å². The zero-order chi connectivity index (χ0) is 15.5. The third-order valence-electron chi connectivity index (χ3n) is 3.76. The first-order valence-electron chi connectivity index (χ1n) is 7.37. The molecule has 0 bridgehead atoms. The minimum Gasteiger partial charge on any atom is -0.486 e. The Morgan fingerprint density at radius 1 is 1.00 bits per heavy atom. The highest BCUT2D eigenvalue weighted by atomic mass is 16.6. The van der Waals surface area contributed by atoms with Gasteiger partial charge in [0.15, 0.2) is 11.5 Å². The number of carbonyl (C=O) groups excluding carboxylic acids is 1. The molecule has 0 aromatic heterocycles. The van der Waals surface area contributed by atoms with Crippen molar-refractivity contribution < 1.29 is 14.3 Å². The van der Waals surface area contributed by atoms with Crippen LogP contribution in [0.1, 0.15) is 16.7 Å². The normalized spacial score (nSPS) is 12.8. The summed E-state index contributed by atoms with van der Waals surface area (Å²) in [5.74, 6) is 1.41. The molecule has 0 unspecified atom stereocenters. The van der Waals surface area contributed by atoms with E-state index < -0.39 is 0 Å². The minimum atomic E-state index is -0.0417. The average molecular weight is 297 g/mol. The van der Waals surface area contributed by atoms with Gasteiger partial charge in [-0.25, -0.2) is 0 Å². The number of hydrogen-bond donors (Lipinski definition) is 1. The fourth-order valence-electron chi connectivity index (χ4n) is 2.41. The Labute approximate surface area is 130 Å². The van der Waals surface area contributed by atoms with Gasteiger partial charge in [0.1, 0.15) is 13.2 Å². The molecule has 2 aromatic carbocycles. The molecule has 3 rings (SSSR count). The largest absolute Gasteiger partial charge is 0.486 e. The van der Waals surface area contributed by atoms with E-state index in [0.717, 1.165) is 22.6 Å². The average Bonchev–Trinajstić information content (AvgIpc) is 2.51. The van der Waals surface area contributed by atoms with E-state index in [0.29, 0.717) is 25.4 Å². The van der Waals surface area contributed by atoms with Gasteiger partial charge >= 0.3 is 0 Å². The molecule has 0 spiro atoms. The summed E-state index contributed by atoms with van der Waals surface area (Å²) in [5.41, 5.74) is 4.11. The van der Waals surface area contributed by atoms with Crippen LogP contribution in [0.4, 0.5) is 5.69 Å². The maximum Gasteiger partial charge on any atom is 0.228 e. The van der Waals surface area contributed by atoms with E-state index in [1.165, 1.54) is 5.56 Å². The lowest BCUT2D eigenvalue weighted by molar-refractivity contribution is -0.115. The van der Waals surface area contributed by atoms with Gasteiger partial charge in [0.05, 0.1) is 6.42 Å². The third kappa shape index (κ3) is 3.22. The molecular formula is C18H19NO3. The molecule has 114 valence electrons. The number of benzene rings is 2. The van der Waals surface area contributed by atoms with Gasteiger partial charge in [0.25, 0.3) is 0 Å². The number of hydrogen-bond acceptors (Lipinski definition) is 3. The van der Waals surface area contributed by atoms with Crippen LogP contribution in [0.2, 0.25) is 0 Å². The van der Waals surface area contributed by atoms with Crippen LogP contribution in [0.15, 0.2) is 36.4 Å². The summed E-state index contributed by atoms with van der Waals surface area (Å²) in [6, 6.07) is 11.5. The molecular weight excluding hydrogens is 278 g/mol. The lowest BCUT2D eigenvalue weighted by Crippen LogP contribution is -2.17. The van der Waals surface area contributed by atoms with Gasteiger partial charge in [-0.15, -0.1) is 0 Å². The monoisotopic (exact) mass is 297 g/mol. The molecule has 22 heavy (non-hydrogen) atoms. The number of rotatable bonds is 3. The summed E-state index contributed by atoms with van der Waals surface area (Å²) < 4.78 is 11.0. The fraction of sp³-hybridized carbons (Fsp3) is 0.278. The van der Waals surface area contributed by atoms with Gasteiger partial charge in [-0.05, 0) is 54.8 Å². The Hall–Kier alpha value is -2.49. The van der Waals surface area contributed by atoms with Crippen molar-refractivity contribution in [3.05, 3.63) is 53.1 Å². The SMILES string of the molecule is Cc1ccc(NC(=O)Cc2ccc3c(c2)OCCO3)cc1C.